The van der Waals surface area contributed by atoms with E-state index in [1.54, 1.807) is 0 Å². The molecule has 2 aliphatic rings. The molecule has 2 fully saturated rings. The Balaban J connectivity index is 1.61. The molecule has 0 bridgehead atoms. The predicted octanol–water partition coefficient (Wildman–Crippen LogP) is 4.08. The third-order valence-electron chi connectivity index (χ3n) is 5.20. The van der Waals surface area contributed by atoms with E-state index in [-0.39, 0.29) is 17.9 Å². The SMILES string of the molecule is CCCCOC(=O)N1CCC[C@H](CN(C(=O)C2CC2)c2ccccc2)C1. The summed E-state index contributed by atoms with van der Waals surface area (Å²) in [7, 11) is 0. The third kappa shape index (κ3) is 4.99. The van der Waals surface area contributed by atoms with Crippen LogP contribution in [0.4, 0.5) is 10.5 Å². The Morgan fingerprint density at radius 2 is 1.96 bits per heavy atom. The molecule has 0 aromatic heterocycles. The minimum Gasteiger partial charge on any atom is -0.449 e. The molecule has 0 N–H and O–H groups in total. The zero-order valence-corrected chi connectivity index (χ0v) is 15.7. The number of carbonyl (C=O) groups is 2. The average Bonchev–Trinajstić information content (AvgIpc) is 3.52. The van der Waals surface area contributed by atoms with Crippen molar-refractivity contribution in [1.29, 1.82) is 0 Å². The number of hydrogen-bond acceptors (Lipinski definition) is 3. The van der Waals surface area contributed by atoms with Gasteiger partial charge in [0.2, 0.25) is 5.91 Å². The molecule has 2 amide bonds. The van der Waals surface area contributed by atoms with E-state index in [1.165, 1.54) is 0 Å². The van der Waals surface area contributed by atoms with Gasteiger partial charge in [-0.05, 0) is 50.2 Å². The summed E-state index contributed by atoms with van der Waals surface area (Å²) in [5.41, 5.74) is 0.965. The van der Waals surface area contributed by atoms with E-state index >= 15 is 0 Å². The van der Waals surface area contributed by atoms with E-state index in [2.05, 4.69) is 6.92 Å². The summed E-state index contributed by atoms with van der Waals surface area (Å²) in [6.45, 7) is 4.68. The van der Waals surface area contributed by atoms with Gasteiger partial charge in [0.1, 0.15) is 0 Å². The lowest BCUT2D eigenvalue weighted by molar-refractivity contribution is -0.120. The van der Waals surface area contributed by atoms with Crippen molar-refractivity contribution in [3.8, 4) is 0 Å². The number of piperidine rings is 1. The first kappa shape index (κ1) is 18.7. The van der Waals surface area contributed by atoms with Gasteiger partial charge in [-0.15, -0.1) is 0 Å². The molecule has 1 atom stereocenters. The number of rotatable bonds is 7. The first-order valence-corrected chi connectivity index (χ1v) is 9.97. The van der Waals surface area contributed by atoms with Crippen LogP contribution >= 0.6 is 0 Å². The van der Waals surface area contributed by atoms with Crippen molar-refractivity contribution in [3.63, 3.8) is 0 Å². The lowest BCUT2D eigenvalue weighted by Crippen LogP contribution is -2.45. The fraction of sp³-hybridized carbons (Fsp3) is 0.619. The van der Waals surface area contributed by atoms with Crippen LogP contribution in [0.5, 0.6) is 0 Å². The van der Waals surface area contributed by atoms with Gasteiger partial charge in [-0.1, -0.05) is 31.5 Å². The quantitative estimate of drug-likeness (QED) is 0.690. The van der Waals surface area contributed by atoms with E-state index in [9.17, 15) is 9.59 Å². The molecule has 1 saturated carbocycles. The van der Waals surface area contributed by atoms with E-state index in [0.29, 0.717) is 25.6 Å². The molecular formula is C21H30N2O3. The Morgan fingerprint density at radius 3 is 2.65 bits per heavy atom. The van der Waals surface area contributed by atoms with Crippen LogP contribution in [0.2, 0.25) is 0 Å². The van der Waals surface area contributed by atoms with Crippen molar-refractivity contribution in [2.75, 3.05) is 31.1 Å². The Morgan fingerprint density at radius 1 is 1.19 bits per heavy atom. The Kier molecular flexibility index (Phi) is 6.53. The molecule has 5 nitrogen and oxygen atoms in total. The highest BCUT2D eigenvalue weighted by Gasteiger charge is 2.36. The summed E-state index contributed by atoms with van der Waals surface area (Å²) in [5, 5.41) is 0. The number of hydrogen-bond donors (Lipinski definition) is 0. The van der Waals surface area contributed by atoms with Crippen molar-refractivity contribution < 1.29 is 14.3 Å². The standard InChI is InChI=1S/C21H30N2O3/c1-2-3-14-26-21(25)22-13-7-8-17(15-22)16-23(20(24)18-11-12-18)19-9-5-4-6-10-19/h4-6,9-10,17-18H,2-3,7-8,11-16H2,1H3/t17-/m0/s1. The van der Waals surface area contributed by atoms with Gasteiger partial charge >= 0.3 is 6.09 Å². The summed E-state index contributed by atoms with van der Waals surface area (Å²) in [6.07, 6.45) is 5.73. The summed E-state index contributed by atoms with van der Waals surface area (Å²) in [6, 6.07) is 9.92. The number of ether oxygens (including phenoxy) is 1. The Hall–Kier alpha value is -2.04. The van der Waals surface area contributed by atoms with Crippen molar-refractivity contribution in [2.45, 2.75) is 45.4 Å². The van der Waals surface area contributed by atoms with Crippen LogP contribution < -0.4 is 4.90 Å². The Bertz CT molecular complexity index is 601. The minimum absolute atomic E-state index is 0.189. The number of anilines is 1. The highest BCUT2D eigenvalue weighted by Crippen LogP contribution is 2.33. The molecule has 1 aliphatic heterocycles. The number of unbranched alkanes of at least 4 members (excludes halogenated alkanes) is 1. The molecular weight excluding hydrogens is 328 g/mol. The molecule has 1 aromatic carbocycles. The fourth-order valence-electron chi connectivity index (χ4n) is 3.51. The zero-order valence-electron chi connectivity index (χ0n) is 15.7. The lowest BCUT2D eigenvalue weighted by atomic mass is 9.97. The van der Waals surface area contributed by atoms with Gasteiger partial charge in [0.25, 0.3) is 0 Å². The third-order valence-corrected chi connectivity index (χ3v) is 5.20. The maximum absolute atomic E-state index is 12.8. The van der Waals surface area contributed by atoms with Crippen molar-refractivity contribution >= 4 is 17.7 Å². The first-order chi connectivity index (χ1) is 12.7. The highest BCUT2D eigenvalue weighted by molar-refractivity contribution is 5.96. The number of amides is 2. The number of para-hydroxylation sites is 1. The number of nitrogens with zero attached hydrogens (tertiary/aromatic N) is 2. The topological polar surface area (TPSA) is 49.9 Å². The van der Waals surface area contributed by atoms with Crippen LogP contribution in [0.3, 0.4) is 0 Å². The smallest absolute Gasteiger partial charge is 0.409 e. The van der Waals surface area contributed by atoms with Crippen LogP contribution in [0.15, 0.2) is 30.3 Å². The van der Waals surface area contributed by atoms with Crippen LogP contribution in [0.25, 0.3) is 0 Å². The van der Waals surface area contributed by atoms with E-state index < -0.39 is 0 Å². The maximum Gasteiger partial charge on any atom is 0.409 e. The number of likely N-dealkylation sites (tertiary alicyclic amines) is 1. The van der Waals surface area contributed by atoms with Gasteiger partial charge < -0.3 is 14.5 Å². The fourth-order valence-corrected chi connectivity index (χ4v) is 3.51. The van der Waals surface area contributed by atoms with Crippen molar-refractivity contribution in [2.24, 2.45) is 11.8 Å². The number of carbonyl (C=O) groups excluding carboxylic acids is 2. The van der Waals surface area contributed by atoms with Crippen LogP contribution in [0.1, 0.15) is 45.4 Å². The second-order valence-corrected chi connectivity index (χ2v) is 7.48. The molecule has 1 aliphatic carbocycles. The molecule has 1 heterocycles. The predicted molar refractivity (Wildman–Crippen MR) is 102 cm³/mol. The minimum atomic E-state index is -0.206. The largest absolute Gasteiger partial charge is 0.449 e. The lowest BCUT2D eigenvalue weighted by Gasteiger charge is -2.35. The molecule has 142 valence electrons. The summed E-state index contributed by atoms with van der Waals surface area (Å²) in [4.78, 5) is 28.8. The average molecular weight is 358 g/mol. The molecule has 0 spiro atoms. The molecule has 3 rings (SSSR count). The molecule has 1 aromatic rings. The van der Waals surface area contributed by atoms with Crippen LogP contribution in [0, 0.1) is 11.8 Å². The maximum atomic E-state index is 12.8. The molecule has 5 heteroatoms. The van der Waals surface area contributed by atoms with E-state index in [4.69, 9.17) is 4.74 Å². The summed E-state index contributed by atoms with van der Waals surface area (Å²) < 4.78 is 5.36. The molecule has 0 unspecified atom stereocenters. The second kappa shape index (κ2) is 9.06. The van der Waals surface area contributed by atoms with Crippen LogP contribution in [-0.4, -0.2) is 43.1 Å². The van der Waals surface area contributed by atoms with Gasteiger partial charge in [0, 0.05) is 31.2 Å². The van der Waals surface area contributed by atoms with Crippen LogP contribution in [-0.2, 0) is 9.53 Å². The molecule has 1 saturated heterocycles. The Labute approximate surface area is 156 Å². The van der Waals surface area contributed by atoms with Gasteiger partial charge in [-0.3, -0.25) is 4.79 Å². The van der Waals surface area contributed by atoms with Gasteiger partial charge in [-0.25, -0.2) is 4.79 Å². The van der Waals surface area contributed by atoms with Gasteiger partial charge in [-0.2, -0.15) is 0 Å². The summed E-state index contributed by atoms with van der Waals surface area (Å²) in [5.74, 6) is 0.720. The molecule has 0 radical (unpaired) electrons. The van der Waals surface area contributed by atoms with E-state index in [1.807, 2.05) is 40.1 Å². The first-order valence-electron chi connectivity index (χ1n) is 9.97. The van der Waals surface area contributed by atoms with Gasteiger partial charge in [0.15, 0.2) is 0 Å². The van der Waals surface area contributed by atoms with Gasteiger partial charge in [0.05, 0.1) is 6.61 Å². The van der Waals surface area contributed by atoms with E-state index in [0.717, 1.165) is 50.8 Å². The second-order valence-electron chi connectivity index (χ2n) is 7.48. The molecule has 26 heavy (non-hydrogen) atoms. The van der Waals surface area contributed by atoms with Crippen molar-refractivity contribution in [1.82, 2.24) is 4.90 Å². The van der Waals surface area contributed by atoms with Crippen molar-refractivity contribution in [3.05, 3.63) is 30.3 Å². The zero-order chi connectivity index (χ0) is 18.4. The summed E-state index contributed by atoms with van der Waals surface area (Å²) >= 11 is 0. The number of benzene rings is 1. The highest BCUT2D eigenvalue weighted by atomic mass is 16.6. The monoisotopic (exact) mass is 358 g/mol. The normalized spacial score (nSPS) is 19.9.